The van der Waals surface area contributed by atoms with Crippen molar-refractivity contribution in [1.82, 2.24) is 0 Å². The minimum Gasteiger partial charge on any atom is -0.223 e. The quantitative estimate of drug-likeness (QED) is 0.639. The van der Waals surface area contributed by atoms with Crippen LogP contribution in [0.15, 0.2) is 27.5 Å². The van der Waals surface area contributed by atoms with E-state index < -0.39 is 0 Å². The van der Waals surface area contributed by atoms with Crippen LogP contribution in [-0.2, 0) is 6.54 Å². The van der Waals surface area contributed by atoms with Crippen molar-refractivity contribution in [3.05, 3.63) is 22.4 Å². The van der Waals surface area contributed by atoms with Crippen molar-refractivity contribution in [3.63, 3.8) is 0 Å². The average molecular weight is 180 g/mol. The van der Waals surface area contributed by atoms with Crippen LogP contribution in [0, 0.1) is 0 Å². The van der Waals surface area contributed by atoms with Gasteiger partial charge in [-0.05, 0) is 25.3 Å². The van der Waals surface area contributed by atoms with Crippen LogP contribution in [0.4, 0.5) is 0 Å². The predicted molar refractivity (Wildman–Crippen MR) is 53.0 cm³/mol. The molecule has 12 heavy (non-hydrogen) atoms. The van der Waals surface area contributed by atoms with E-state index in [1.54, 1.807) is 11.3 Å². The Morgan fingerprint density at radius 3 is 3.00 bits per heavy atom. The zero-order valence-electron chi connectivity index (χ0n) is 7.32. The first-order valence-corrected chi connectivity index (χ1v) is 4.80. The highest BCUT2D eigenvalue weighted by Crippen LogP contribution is 2.08. The van der Waals surface area contributed by atoms with Crippen molar-refractivity contribution < 1.29 is 0 Å². The molecule has 0 saturated heterocycles. The van der Waals surface area contributed by atoms with Gasteiger partial charge in [-0.25, -0.2) is 9.98 Å². The van der Waals surface area contributed by atoms with Crippen LogP contribution in [0.25, 0.3) is 0 Å². The summed E-state index contributed by atoms with van der Waals surface area (Å²) in [6.45, 7) is 4.72. The molecule has 3 heteroatoms. The summed E-state index contributed by atoms with van der Waals surface area (Å²) in [6, 6.07) is 7.05. The summed E-state index contributed by atoms with van der Waals surface area (Å²) >= 11 is 1.71. The van der Waals surface area contributed by atoms with Gasteiger partial charge in [-0.15, -0.1) is 11.3 Å². The lowest BCUT2D eigenvalue weighted by atomic mass is 10.4. The Hall–Kier alpha value is -0.920. The largest absolute Gasteiger partial charge is 0.223 e. The molecule has 0 atom stereocenters. The fourth-order valence-corrected chi connectivity index (χ4v) is 1.30. The zero-order valence-corrected chi connectivity index (χ0v) is 8.14. The van der Waals surface area contributed by atoms with Crippen LogP contribution in [0.3, 0.4) is 0 Å². The third-order valence-electron chi connectivity index (χ3n) is 1.20. The molecule has 0 aliphatic heterocycles. The molecule has 2 nitrogen and oxygen atoms in total. The molecule has 64 valence electrons. The van der Waals surface area contributed by atoms with Crippen LogP contribution < -0.4 is 0 Å². The first kappa shape index (κ1) is 9.17. The molecule has 0 aromatic carbocycles. The van der Waals surface area contributed by atoms with Gasteiger partial charge in [0.25, 0.3) is 0 Å². The molecule has 0 bridgehead atoms. The topological polar surface area (TPSA) is 24.7 Å². The summed E-state index contributed by atoms with van der Waals surface area (Å²) in [6.07, 6.45) is 0. The molecule has 1 aromatic heterocycles. The molecule has 0 amide bonds. The molecule has 0 radical (unpaired) electrons. The van der Waals surface area contributed by atoms with Gasteiger partial charge in [0, 0.05) is 4.88 Å². The molecule has 0 aliphatic rings. The Morgan fingerprint density at radius 2 is 2.42 bits per heavy atom. The zero-order chi connectivity index (χ0) is 8.81. The molecule has 0 saturated carbocycles. The number of nitrogens with zero attached hydrogens (tertiary/aromatic N) is 2. The van der Waals surface area contributed by atoms with Crippen molar-refractivity contribution in [2.24, 2.45) is 9.98 Å². The SMILES string of the molecule is CC(C)N=C=NCc1cccs1. The van der Waals surface area contributed by atoms with E-state index in [1.165, 1.54) is 4.88 Å². The minimum absolute atomic E-state index is 0.289. The number of rotatable bonds is 3. The smallest absolute Gasteiger partial charge is 0.0899 e. The monoisotopic (exact) mass is 180 g/mol. The normalized spacial score (nSPS) is 9.58. The van der Waals surface area contributed by atoms with Crippen LogP contribution in [0.2, 0.25) is 0 Å². The standard InChI is InChI=1S/C9H12N2S/c1-8(2)11-7-10-6-9-4-3-5-12-9/h3-5,8H,6H2,1-2H3. The number of hydrogen-bond donors (Lipinski definition) is 0. The molecule has 0 unspecified atom stereocenters. The van der Waals surface area contributed by atoms with Gasteiger partial charge in [-0.2, -0.15) is 0 Å². The van der Waals surface area contributed by atoms with Gasteiger partial charge in [-0.1, -0.05) is 6.07 Å². The maximum atomic E-state index is 4.05. The van der Waals surface area contributed by atoms with Gasteiger partial charge < -0.3 is 0 Å². The van der Waals surface area contributed by atoms with Crippen molar-refractivity contribution in [1.29, 1.82) is 0 Å². The number of aliphatic imine (C=N–C) groups is 2. The van der Waals surface area contributed by atoms with Crippen molar-refractivity contribution in [2.45, 2.75) is 26.4 Å². The Balaban J connectivity index is 2.40. The lowest BCUT2D eigenvalue weighted by molar-refractivity contribution is 0.840. The van der Waals surface area contributed by atoms with E-state index in [1.807, 2.05) is 25.3 Å². The maximum absolute atomic E-state index is 4.05. The van der Waals surface area contributed by atoms with Crippen molar-refractivity contribution in [2.75, 3.05) is 0 Å². The third-order valence-corrected chi connectivity index (χ3v) is 2.06. The van der Waals surface area contributed by atoms with E-state index in [0.717, 1.165) is 0 Å². The second-order valence-corrected chi connectivity index (χ2v) is 3.75. The molecule has 1 rings (SSSR count). The summed E-state index contributed by atoms with van der Waals surface area (Å²) < 4.78 is 0. The Kier molecular flexibility index (Phi) is 3.71. The van der Waals surface area contributed by atoms with Crippen LogP contribution in [-0.4, -0.2) is 12.1 Å². The van der Waals surface area contributed by atoms with E-state index in [4.69, 9.17) is 0 Å². The molecular formula is C9H12N2S. The summed E-state index contributed by atoms with van der Waals surface area (Å²) in [7, 11) is 0. The predicted octanol–water partition coefficient (Wildman–Crippen LogP) is 2.83. The van der Waals surface area contributed by atoms with Crippen LogP contribution in [0.5, 0.6) is 0 Å². The van der Waals surface area contributed by atoms with Gasteiger partial charge in [0.2, 0.25) is 0 Å². The summed E-state index contributed by atoms with van der Waals surface area (Å²) in [5.74, 6) is 0. The van der Waals surface area contributed by atoms with Gasteiger partial charge in [0.05, 0.1) is 18.6 Å². The second kappa shape index (κ2) is 4.86. The highest BCUT2D eigenvalue weighted by molar-refractivity contribution is 7.09. The first-order valence-electron chi connectivity index (χ1n) is 3.93. The summed E-state index contributed by atoms with van der Waals surface area (Å²) in [5, 5.41) is 2.05. The summed E-state index contributed by atoms with van der Waals surface area (Å²) in [4.78, 5) is 9.31. The molecular weight excluding hydrogens is 168 g/mol. The van der Waals surface area contributed by atoms with E-state index in [0.29, 0.717) is 6.54 Å². The van der Waals surface area contributed by atoms with E-state index in [9.17, 15) is 0 Å². The summed E-state index contributed by atoms with van der Waals surface area (Å²) in [5.41, 5.74) is 0. The van der Waals surface area contributed by atoms with Crippen LogP contribution >= 0.6 is 11.3 Å². The Bertz CT molecular complexity index is 269. The highest BCUT2D eigenvalue weighted by atomic mass is 32.1. The second-order valence-electron chi connectivity index (χ2n) is 2.72. The highest BCUT2D eigenvalue weighted by Gasteiger charge is 1.87. The Morgan fingerprint density at radius 1 is 1.58 bits per heavy atom. The van der Waals surface area contributed by atoms with Gasteiger partial charge in [0.1, 0.15) is 0 Å². The van der Waals surface area contributed by atoms with Gasteiger partial charge in [-0.3, -0.25) is 0 Å². The fourth-order valence-electron chi connectivity index (χ4n) is 0.672. The minimum atomic E-state index is 0.289. The molecule has 0 aliphatic carbocycles. The van der Waals surface area contributed by atoms with Gasteiger partial charge >= 0.3 is 0 Å². The number of thiophene rings is 1. The molecule has 0 N–H and O–H groups in total. The van der Waals surface area contributed by atoms with Crippen LogP contribution in [0.1, 0.15) is 18.7 Å². The van der Waals surface area contributed by atoms with E-state index in [-0.39, 0.29) is 6.04 Å². The molecule has 0 fully saturated rings. The molecule has 0 spiro atoms. The van der Waals surface area contributed by atoms with E-state index >= 15 is 0 Å². The first-order chi connectivity index (χ1) is 5.79. The lowest BCUT2D eigenvalue weighted by Gasteiger charge is -1.87. The number of hydrogen-bond acceptors (Lipinski definition) is 3. The third kappa shape index (κ3) is 3.46. The van der Waals surface area contributed by atoms with Gasteiger partial charge in [0.15, 0.2) is 0 Å². The fraction of sp³-hybridized carbons (Fsp3) is 0.444. The van der Waals surface area contributed by atoms with Crippen molar-refractivity contribution in [3.8, 4) is 0 Å². The average Bonchev–Trinajstić information content (AvgIpc) is 2.49. The maximum Gasteiger partial charge on any atom is 0.0899 e. The van der Waals surface area contributed by atoms with E-state index in [2.05, 4.69) is 22.1 Å². The van der Waals surface area contributed by atoms with Crippen molar-refractivity contribution >= 4 is 17.3 Å². The molecule has 1 aromatic rings. The molecule has 1 heterocycles. The lowest BCUT2D eigenvalue weighted by Crippen LogP contribution is -1.84. The Labute approximate surface area is 76.7 Å².